The molecular weight excluding hydrogens is 296 g/mol. The van der Waals surface area contributed by atoms with Gasteiger partial charge in [-0.2, -0.15) is 0 Å². The van der Waals surface area contributed by atoms with Crippen LogP contribution in [-0.4, -0.2) is 6.04 Å². The molecule has 2 atom stereocenters. The van der Waals surface area contributed by atoms with Gasteiger partial charge >= 0.3 is 0 Å². The van der Waals surface area contributed by atoms with Crippen LogP contribution >= 0.6 is 23.1 Å². The summed E-state index contributed by atoms with van der Waals surface area (Å²) >= 11 is 2.92. The summed E-state index contributed by atoms with van der Waals surface area (Å²) in [5.74, 6) is -0.834. The first-order valence-corrected chi connectivity index (χ1v) is 8.20. The van der Waals surface area contributed by atoms with Gasteiger partial charge in [0, 0.05) is 15.8 Å². The molecule has 0 aliphatic rings. The number of benzene rings is 1. The van der Waals surface area contributed by atoms with Crippen LogP contribution in [0.2, 0.25) is 0 Å². The summed E-state index contributed by atoms with van der Waals surface area (Å²) in [5.41, 5.74) is 7.33. The Kier molecular flexibility index (Phi) is 5.18. The van der Waals surface area contributed by atoms with Crippen LogP contribution in [0.3, 0.4) is 0 Å². The lowest BCUT2D eigenvalue weighted by atomic mass is 10.1. The molecule has 1 nitrogen and oxygen atoms in total. The van der Waals surface area contributed by atoms with E-state index in [4.69, 9.17) is 5.73 Å². The van der Waals surface area contributed by atoms with Crippen molar-refractivity contribution in [2.75, 3.05) is 0 Å². The molecule has 2 rings (SSSR count). The van der Waals surface area contributed by atoms with Crippen LogP contribution < -0.4 is 5.73 Å². The molecule has 2 aromatic rings. The van der Waals surface area contributed by atoms with Crippen molar-refractivity contribution in [3.63, 3.8) is 0 Å². The Balaban J connectivity index is 2.33. The molecule has 0 amide bonds. The van der Waals surface area contributed by atoms with Crippen molar-refractivity contribution in [1.82, 2.24) is 0 Å². The van der Waals surface area contributed by atoms with Crippen molar-refractivity contribution < 1.29 is 8.78 Å². The maximum absolute atomic E-state index is 13.8. The molecule has 0 aliphatic heterocycles. The third kappa shape index (κ3) is 3.40. The minimum absolute atomic E-state index is 0.0590. The van der Waals surface area contributed by atoms with Crippen LogP contribution in [0.25, 0.3) is 0 Å². The summed E-state index contributed by atoms with van der Waals surface area (Å²) in [7, 11) is 0. The molecule has 0 bridgehead atoms. The number of thioether (sulfide) groups is 1. The monoisotopic (exact) mass is 313 g/mol. The van der Waals surface area contributed by atoms with E-state index in [9.17, 15) is 8.78 Å². The average Bonchev–Trinajstić information content (AvgIpc) is 2.85. The molecule has 0 radical (unpaired) electrons. The van der Waals surface area contributed by atoms with Gasteiger partial charge < -0.3 is 5.73 Å². The van der Waals surface area contributed by atoms with E-state index in [1.54, 1.807) is 11.3 Å². The van der Waals surface area contributed by atoms with E-state index in [2.05, 4.69) is 0 Å². The van der Waals surface area contributed by atoms with E-state index in [0.29, 0.717) is 4.90 Å². The van der Waals surface area contributed by atoms with Gasteiger partial charge in [0.2, 0.25) is 0 Å². The zero-order valence-electron chi connectivity index (χ0n) is 11.4. The predicted octanol–water partition coefficient (Wildman–Crippen LogP) is 4.91. The van der Waals surface area contributed by atoms with Gasteiger partial charge in [0.1, 0.15) is 11.6 Å². The second-order valence-corrected chi connectivity index (χ2v) is 6.78. The lowest BCUT2D eigenvalue weighted by molar-refractivity contribution is 0.575. The molecule has 0 aliphatic carbocycles. The molecule has 0 saturated carbocycles. The Morgan fingerprint density at radius 1 is 1.30 bits per heavy atom. The van der Waals surface area contributed by atoms with E-state index in [0.717, 1.165) is 29.0 Å². The second-order valence-electron chi connectivity index (χ2n) is 4.65. The second kappa shape index (κ2) is 6.70. The third-order valence-electron chi connectivity index (χ3n) is 3.17. The highest BCUT2D eigenvalue weighted by atomic mass is 32.2. The van der Waals surface area contributed by atoms with Crippen LogP contribution in [0.1, 0.15) is 29.0 Å². The van der Waals surface area contributed by atoms with Crippen molar-refractivity contribution in [3.8, 4) is 0 Å². The standard InChI is InChI=1S/C15H17F2NS2/c1-3-12(18)15(14-9(2)6-7-19-14)20-13-8-10(16)4-5-11(13)17/h4-8,12,15H,3,18H2,1-2H3. The SMILES string of the molecule is CCC(N)C(Sc1cc(F)ccc1F)c1sccc1C. The molecule has 0 saturated heterocycles. The Labute approximate surface area is 126 Å². The lowest BCUT2D eigenvalue weighted by Crippen LogP contribution is -2.25. The summed E-state index contributed by atoms with van der Waals surface area (Å²) in [6, 6.07) is 5.45. The molecule has 1 aromatic heterocycles. The molecule has 0 spiro atoms. The molecule has 1 heterocycles. The summed E-state index contributed by atoms with van der Waals surface area (Å²) in [5, 5.41) is 1.94. The van der Waals surface area contributed by atoms with Crippen LogP contribution in [0.15, 0.2) is 34.5 Å². The fraction of sp³-hybridized carbons (Fsp3) is 0.333. The first-order chi connectivity index (χ1) is 9.52. The van der Waals surface area contributed by atoms with Crippen molar-refractivity contribution in [3.05, 3.63) is 51.7 Å². The number of hydrogen-bond acceptors (Lipinski definition) is 3. The predicted molar refractivity (Wildman–Crippen MR) is 82.3 cm³/mol. The highest BCUT2D eigenvalue weighted by Gasteiger charge is 2.24. The Bertz CT molecular complexity index is 583. The molecule has 5 heteroatoms. The minimum atomic E-state index is -0.430. The van der Waals surface area contributed by atoms with E-state index in [1.165, 1.54) is 17.8 Å². The number of halogens is 2. The van der Waals surface area contributed by atoms with Crippen LogP contribution in [0, 0.1) is 18.6 Å². The summed E-state index contributed by atoms with van der Waals surface area (Å²) in [6.45, 7) is 4.02. The number of thiophene rings is 1. The molecule has 20 heavy (non-hydrogen) atoms. The van der Waals surface area contributed by atoms with Crippen LogP contribution in [-0.2, 0) is 0 Å². The van der Waals surface area contributed by atoms with Gasteiger partial charge in [0.25, 0.3) is 0 Å². The van der Waals surface area contributed by atoms with Crippen LogP contribution in [0.4, 0.5) is 8.78 Å². The van der Waals surface area contributed by atoms with Crippen molar-refractivity contribution in [2.45, 2.75) is 36.5 Å². The van der Waals surface area contributed by atoms with Gasteiger partial charge in [0.15, 0.2) is 0 Å². The van der Waals surface area contributed by atoms with Crippen LogP contribution in [0.5, 0.6) is 0 Å². The molecule has 1 aromatic carbocycles. The number of nitrogens with two attached hydrogens (primary N) is 1. The smallest absolute Gasteiger partial charge is 0.136 e. The molecule has 108 valence electrons. The highest BCUT2D eigenvalue weighted by molar-refractivity contribution is 7.99. The zero-order chi connectivity index (χ0) is 14.7. The van der Waals surface area contributed by atoms with E-state index in [-0.39, 0.29) is 11.3 Å². The summed E-state index contributed by atoms with van der Waals surface area (Å²) < 4.78 is 27.1. The third-order valence-corrected chi connectivity index (χ3v) is 5.82. The number of hydrogen-bond donors (Lipinski definition) is 1. The topological polar surface area (TPSA) is 26.0 Å². The maximum Gasteiger partial charge on any atom is 0.136 e. The van der Waals surface area contributed by atoms with Crippen molar-refractivity contribution in [2.24, 2.45) is 5.73 Å². The number of rotatable bonds is 5. The molecule has 0 fully saturated rings. The van der Waals surface area contributed by atoms with Crippen molar-refractivity contribution in [1.29, 1.82) is 0 Å². The van der Waals surface area contributed by atoms with E-state index < -0.39 is 11.6 Å². The maximum atomic E-state index is 13.8. The van der Waals surface area contributed by atoms with Gasteiger partial charge in [-0.25, -0.2) is 8.78 Å². The molecule has 2 unspecified atom stereocenters. The molecular formula is C15H17F2NS2. The van der Waals surface area contributed by atoms with Gasteiger partial charge in [-0.1, -0.05) is 6.92 Å². The highest BCUT2D eigenvalue weighted by Crippen LogP contribution is 2.42. The quantitative estimate of drug-likeness (QED) is 0.794. The van der Waals surface area contributed by atoms with Gasteiger partial charge in [0.05, 0.1) is 5.25 Å². The normalized spacial score (nSPS) is 14.2. The fourth-order valence-corrected chi connectivity index (χ4v) is 4.52. The first-order valence-electron chi connectivity index (χ1n) is 6.44. The first kappa shape index (κ1) is 15.5. The average molecular weight is 313 g/mol. The molecule has 2 N–H and O–H groups in total. The van der Waals surface area contributed by atoms with E-state index >= 15 is 0 Å². The largest absolute Gasteiger partial charge is 0.326 e. The van der Waals surface area contributed by atoms with E-state index in [1.807, 2.05) is 25.3 Å². The number of aryl methyl sites for hydroxylation is 1. The Morgan fingerprint density at radius 3 is 2.65 bits per heavy atom. The Hall–Kier alpha value is -0.910. The van der Waals surface area contributed by atoms with Gasteiger partial charge in [-0.3, -0.25) is 0 Å². The van der Waals surface area contributed by atoms with Gasteiger partial charge in [-0.15, -0.1) is 23.1 Å². The zero-order valence-corrected chi connectivity index (χ0v) is 13.0. The lowest BCUT2D eigenvalue weighted by Gasteiger charge is -2.22. The minimum Gasteiger partial charge on any atom is -0.326 e. The Morgan fingerprint density at radius 2 is 2.05 bits per heavy atom. The summed E-state index contributed by atoms with van der Waals surface area (Å²) in [6.07, 6.45) is 0.784. The fourth-order valence-electron chi connectivity index (χ4n) is 1.93. The van der Waals surface area contributed by atoms with Crippen molar-refractivity contribution >= 4 is 23.1 Å². The summed E-state index contributed by atoms with van der Waals surface area (Å²) in [4.78, 5) is 1.44. The van der Waals surface area contributed by atoms with Gasteiger partial charge in [-0.05, 0) is 48.6 Å².